The average molecular weight is 662 g/mol. The summed E-state index contributed by atoms with van der Waals surface area (Å²) in [6.45, 7) is 6.05. The van der Waals surface area contributed by atoms with E-state index in [2.05, 4.69) is 10.0 Å². The molecular formula is C26H35N3O17. The summed E-state index contributed by atoms with van der Waals surface area (Å²) in [5, 5.41) is 3.46. The molecule has 0 saturated carbocycles. The van der Waals surface area contributed by atoms with Crippen LogP contribution in [-0.4, -0.2) is 116 Å². The average Bonchev–Trinajstić information content (AvgIpc) is 2.91. The van der Waals surface area contributed by atoms with Gasteiger partial charge in [0.25, 0.3) is 0 Å². The predicted octanol–water partition coefficient (Wildman–Crippen LogP) is -0.0836. The fourth-order valence-corrected chi connectivity index (χ4v) is 4.63. The van der Waals surface area contributed by atoms with Crippen molar-refractivity contribution in [2.75, 3.05) is 13.2 Å². The summed E-state index contributed by atoms with van der Waals surface area (Å²) in [5.41, 5.74) is 9.13. The molecule has 20 nitrogen and oxygen atoms in total. The van der Waals surface area contributed by atoms with Crippen molar-refractivity contribution < 1.29 is 80.9 Å². The topological polar surface area (TPSA) is 261 Å². The number of carbonyl (C=O) groups excluding carboxylic acids is 7. The Morgan fingerprint density at radius 3 is 1.37 bits per heavy atom. The van der Waals surface area contributed by atoms with Crippen molar-refractivity contribution in [3.05, 3.63) is 10.4 Å². The molecule has 0 spiro atoms. The minimum atomic E-state index is -1.82. The van der Waals surface area contributed by atoms with Crippen molar-refractivity contribution in [3.8, 4) is 0 Å². The molecule has 0 aliphatic carbocycles. The van der Waals surface area contributed by atoms with Gasteiger partial charge in [-0.15, -0.1) is 0 Å². The molecule has 20 heteroatoms. The van der Waals surface area contributed by atoms with E-state index >= 15 is 0 Å². The van der Waals surface area contributed by atoms with Crippen LogP contribution in [0, 0.1) is 0 Å². The lowest BCUT2D eigenvalue weighted by Crippen LogP contribution is -2.67. The number of nitrogens with zero attached hydrogens (tertiary/aromatic N) is 3. The standard InChI is InChI=1S/C26H35N3O17/c1-10(30)37-8-17-20(21(40-13(4)33)23(42-15(6)35)25(44-17)28-29-27)46-26-24(43-16(7)36)22(41-14(5)34)19(39-12(3)32)18(45-26)9-38-11(2)31/h17-26H,8-9H2,1-7H3/t17-,18-,19-,20-,21+,22+,23-,24-,25-,26-/m1/s1. The zero-order chi connectivity index (χ0) is 34.7. The van der Waals surface area contributed by atoms with Crippen LogP contribution in [0.1, 0.15) is 48.5 Å². The number of hydrogen-bond donors (Lipinski definition) is 0. The molecule has 0 radical (unpaired) electrons. The third kappa shape index (κ3) is 11.1. The molecule has 0 amide bonds. The van der Waals surface area contributed by atoms with E-state index < -0.39 is 116 Å². The van der Waals surface area contributed by atoms with Crippen LogP contribution in [0.15, 0.2) is 5.11 Å². The molecule has 2 saturated heterocycles. The molecule has 2 heterocycles. The number of esters is 7. The quantitative estimate of drug-likeness (QED) is 0.0870. The fourth-order valence-electron chi connectivity index (χ4n) is 4.63. The van der Waals surface area contributed by atoms with Crippen molar-refractivity contribution in [1.29, 1.82) is 0 Å². The number of hydrogen-bond acceptors (Lipinski definition) is 18. The van der Waals surface area contributed by atoms with Gasteiger partial charge in [-0.25, -0.2) is 0 Å². The van der Waals surface area contributed by atoms with E-state index in [1.165, 1.54) is 0 Å². The summed E-state index contributed by atoms with van der Waals surface area (Å²) in [7, 11) is 0. The van der Waals surface area contributed by atoms with Crippen LogP contribution in [0.4, 0.5) is 0 Å². The molecule has 2 aliphatic heterocycles. The highest BCUT2D eigenvalue weighted by Gasteiger charge is 2.57. The lowest BCUT2D eigenvalue weighted by atomic mass is 9.95. The van der Waals surface area contributed by atoms with Gasteiger partial charge in [0.15, 0.2) is 43.0 Å². The summed E-state index contributed by atoms with van der Waals surface area (Å²) in [6.07, 6.45) is -16.1. The molecule has 2 aliphatic rings. The van der Waals surface area contributed by atoms with E-state index in [4.69, 9.17) is 52.9 Å². The molecule has 2 rings (SSSR count). The first kappa shape index (κ1) is 37.7. The number of ether oxygens (including phenoxy) is 10. The molecular weight excluding hydrogens is 626 g/mol. The number of carbonyl (C=O) groups is 7. The summed E-state index contributed by atoms with van der Waals surface area (Å²) < 4.78 is 54.8. The second-order valence-corrected chi connectivity index (χ2v) is 9.89. The van der Waals surface area contributed by atoms with Crippen molar-refractivity contribution in [2.45, 2.75) is 110 Å². The smallest absolute Gasteiger partial charge is 0.303 e. The molecule has 10 atom stereocenters. The highest BCUT2D eigenvalue weighted by atomic mass is 16.8. The first-order valence-electron chi connectivity index (χ1n) is 13.7. The second kappa shape index (κ2) is 17.2. The van der Waals surface area contributed by atoms with Gasteiger partial charge in [-0.1, -0.05) is 5.11 Å². The van der Waals surface area contributed by atoms with Crippen LogP contribution >= 0.6 is 0 Å². The monoisotopic (exact) mass is 661 g/mol. The highest BCUT2D eigenvalue weighted by molar-refractivity contribution is 5.69. The van der Waals surface area contributed by atoms with Crippen LogP contribution in [0.2, 0.25) is 0 Å². The Labute approximate surface area is 261 Å². The summed E-state index contributed by atoms with van der Waals surface area (Å²) in [6, 6.07) is 0. The van der Waals surface area contributed by atoms with Crippen molar-refractivity contribution in [1.82, 2.24) is 0 Å². The summed E-state index contributed by atoms with van der Waals surface area (Å²) in [5.74, 6) is -6.10. The Balaban J connectivity index is 2.73. The highest BCUT2D eigenvalue weighted by Crippen LogP contribution is 2.35. The third-order valence-electron chi connectivity index (χ3n) is 6.07. The second-order valence-electron chi connectivity index (χ2n) is 9.89. The van der Waals surface area contributed by atoms with Gasteiger partial charge in [-0.2, -0.15) is 0 Å². The maximum atomic E-state index is 12.2. The lowest BCUT2D eigenvalue weighted by molar-refractivity contribution is -0.344. The molecule has 0 aromatic rings. The normalized spacial score (nSPS) is 30.3. The van der Waals surface area contributed by atoms with Gasteiger partial charge in [0, 0.05) is 53.4 Å². The van der Waals surface area contributed by atoms with Crippen LogP contribution in [0.5, 0.6) is 0 Å². The van der Waals surface area contributed by atoms with Gasteiger partial charge in [0.05, 0.1) is 0 Å². The molecule has 0 aromatic carbocycles. The fraction of sp³-hybridized carbons (Fsp3) is 0.731. The zero-order valence-corrected chi connectivity index (χ0v) is 26.0. The number of azide groups is 1. The first-order chi connectivity index (χ1) is 21.5. The minimum absolute atomic E-state index is 0.585. The first-order valence-corrected chi connectivity index (χ1v) is 13.7. The van der Waals surface area contributed by atoms with Gasteiger partial charge in [0.2, 0.25) is 0 Å². The zero-order valence-electron chi connectivity index (χ0n) is 26.0. The van der Waals surface area contributed by atoms with E-state index in [0.717, 1.165) is 48.5 Å². The van der Waals surface area contributed by atoms with Gasteiger partial charge in [-0.3, -0.25) is 33.6 Å². The van der Waals surface area contributed by atoms with E-state index in [1.807, 2.05) is 0 Å². The van der Waals surface area contributed by atoms with Crippen molar-refractivity contribution in [3.63, 3.8) is 0 Å². The molecule has 2 fully saturated rings. The summed E-state index contributed by atoms with van der Waals surface area (Å²) in [4.78, 5) is 86.7. The van der Waals surface area contributed by atoms with E-state index in [0.29, 0.717) is 0 Å². The Bertz CT molecular complexity index is 1220. The Morgan fingerprint density at radius 2 is 0.935 bits per heavy atom. The lowest BCUT2D eigenvalue weighted by Gasteiger charge is -2.48. The third-order valence-corrected chi connectivity index (χ3v) is 6.07. The van der Waals surface area contributed by atoms with Crippen LogP contribution in [0.25, 0.3) is 10.4 Å². The summed E-state index contributed by atoms with van der Waals surface area (Å²) >= 11 is 0. The van der Waals surface area contributed by atoms with E-state index in [1.54, 1.807) is 0 Å². The van der Waals surface area contributed by atoms with Crippen LogP contribution in [-0.2, 0) is 80.9 Å². The van der Waals surface area contributed by atoms with E-state index in [9.17, 15) is 33.6 Å². The van der Waals surface area contributed by atoms with Crippen molar-refractivity contribution >= 4 is 41.8 Å². The SMILES string of the molecule is CC(=O)OC[C@H]1O[C@@H](N=[N+]=[N-])[C@H](OC(C)=O)[C@@H](OC(C)=O)[C@@H]1O[C@H]1O[C@H](COC(C)=O)[C@@H](OC(C)=O)[C@H](OC(C)=O)[C@H]1OC(C)=O. The minimum Gasteiger partial charge on any atom is -0.463 e. The molecule has 256 valence electrons. The number of rotatable bonds is 12. The van der Waals surface area contributed by atoms with Crippen LogP contribution < -0.4 is 0 Å². The largest absolute Gasteiger partial charge is 0.463 e. The molecule has 46 heavy (non-hydrogen) atoms. The van der Waals surface area contributed by atoms with E-state index in [-0.39, 0.29) is 0 Å². The van der Waals surface area contributed by atoms with Crippen molar-refractivity contribution in [2.24, 2.45) is 5.11 Å². The van der Waals surface area contributed by atoms with Gasteiger partial charge >= 0.3 is 41.8 Å². The maximum Gasteiger partial charge on any atom is 0.303 e. The molecule has 0 aromatic heterocycles. The predicted molar refractivity (Wildman–Crippen MR) is 142 cm³/mol. The molecule has 0 bridgehead atoms. The van der Waals surface area contributed by atoms with Gasteiger partial charge < -0.3 is 47.4 Å². The van der Waals surface area contributed by atoms with Gasteiger partial charge in [0.1, 0.15) is 31.5 Å². The maximum absolute atomic E-state index is 12.2. The van der Waals surface area contributed by atoms with Gasteiger partial charge in [-0.05, 0) is 5.53 Å². The Kier molecular flexibility index (Phi) is 14.1. The Morgan fingerprint density at radius 1 is 0.543 bits per heavy atom. The van der Waals surface area contributed by atoms with Crippen LogP contribution in [0.3, 0.4) is 0 Å². The molecule has 0 N–H and O–H groups in total. The Hall–Kier alpha value is -4.52. The molecule has 0 unspecified atom stereocenters.